The van der Waals surface area contributed by atoms with Gasteiger partial charge in [-0.25, -0.2) is 0 Å². The number of amides is 1. The monoisotopic (exact) mass is 588 g/mol. The van der Waals surface area contributed by atoms with Gasteiger partial charge in [0.1, 0.15) is 0 Å². The molecule has 4 heteroatoms. The quantitative estimate of drug-likeness (QED) is 0.0558. The SMILES string of the molecule is CC/C=C\C/C=C\C/C=C\C/C=C\CCCCCCCCCCCCCCC(=O)NC(CO)C(O)CCCCCCC. The van der Waals surface area contributed by atoms with Crippen LogP contribution in [0.5, 0.6) is 0 Å². The summed E-state index contributed by atoms with van der Waals surface area (Å²) >= 11 is 0. The predicted molar refractivity (Wildman–Crippen MR) is 184 cm³/mol. The zero-order valence-electron chi connectivity index (χ0n) is 27.8. The average Bonchev–Trinajstić information content (AvgIpc) is 2.99. The molecular formula is C38H69NO3. The molecule has 0 aliphatic carbocycles. The van der Waals surface area contributed by atoms with Crippen LogP contribution in [0.1, 0.15) is 168 Å². The number of carbonyl (C=O) groups excluding carboxylic acids is 1. The van der Waals surface area contributed by atoms with E-state index in [0.717, 1.165) is 51.4 Å². The van der Waals surface area contributed by atoms with E-state index < -0.39 is 12.1 Å². The zero-order valence-corrected chi connectivity index (χ0v) is 27.8. The smallest absolute Gasteiger partial charge is 0.220 e. The number of aliphatic hydroxyl groups excluding tert-OH is 2. The van der Waals surface area contributed by atoms with Gasteiger partial charge in [-0.05, 0) is 51.4 Å². The van der Waals surface area contributed by atoms with Crippen LogP contribution >= 0.6 is 0 Å². The third-order valence-electron chi connectivity index (χ3n) is 7.85. The molecule has 0 aliphatic rings. The van der Waals surface area contributed by atoms with Gasteiger partial charge in [-0.2, -0.15) is 0 Å². The van der Waals surface area contributed by atoms with Gasteiger partial charge in [0.05, 0.1) is 18.8 Å². The topological polar surface area (TPSA) is 69.6 Å². The zero-order chi connectivity index (χ0) is 30.8. The van der Waals surface area contributed by atoms with Crippen molar-refractivity contribution in [2.24, 2.45) is 0 Å². The lowest BCUT2D eigenvalue weighted by Gasteiger charge is -2.22. The normalized spacial score (nSPS) is 13.7. The molecule has 0 rings (SSSR count). The highest BCUT2D eigenvalue weighted by molar-refractivity contribution is 5.76. The first kappa shape index (κ1) is 40.4. The molecule has 2 atom stereocenters. The van der Waals surface area contributed by atoms with E-state index in [1.807, 2.05) is 0 Å². The van der Waals surface area contributed by atoms with Crippen LogP contribution in [-0.2, 0) is 4.79 Å². The van der Waals surface area contributed by atoms with Gasteiger partial charge in [0.2, 0.25) is 5.91 Å². The van der Waals surface area contributed by atoms with Crippen LogP contribution in [0.4, 0.5) is 0 Å². The van der Waals surface area contributed by atoms with Gasteiger partial charge in [0.25, 0.3) is 0 Å². The molecule has 244 valence electrons. The minimum Gasteiger partial charge on any atom is -0.394 e. The predicted octanol–water partition coefficient (Wildman–Crippen LogP) is 10.5. The first-order valence-corrected chi connectivity index (χ1v) is 17.8. The van der Waals surface area contributed by atoms with E-state index >= 15 is 0 Å². The largest absolute Gasteiger partial charge is 0.394 e. The summed E-state index contributed by atoms with van der Waals surface area (Å²) in [6.07, 6.45) is 44.8. The van der Waals surface area contributed by atoms with Crippen molar-refractivity contribution in [3.8, 4) is 0 Å². The lowest BCUT2D eigenvalue weighted by Crippen LogP contribution is -2.45. The molecule has 0 aromatic rings. The van der Waals surface area contributed by atoms with Gasteiger partial charge >= 0.3 is 0 Å². The van der Waals surface area contributed by atoms with Crippen molar-refractivity contribution in [1.82, 2.24) is 5.32 Å². The number of aliphatic hydroxyl groups is 2. The van der Waals surface area contributed by atoms with E-state index in [0.29, 0.717) is 12.8 Å². The number of allylic oxidation sites excluding steroid dienone is 8. The van der Waals surface area contributed by atoms with Crippen LogP contribution in [-0.4, -0.2) is 34.9 Å². The highest BCUT2D eigenvalue weighted by atomic mass is 16.3. The summed E-state index contributed by atoms with van der Waals surface area (Å²) in [6, 6.07) is -0.533. The molecule has 2 unspecified atom stereocenters. The number of nitrogens with one attached hydrogen (secondary N) is 1. The molecule has 0 heterocycles. The molecule has 3 N–H and O–H groups in total. The highest BCUT2D eigenvalue weighted by Gasteiger charge is 2.19. The van der Waals surface area contributed by atoms with Crippen molar-refractivity contribution >= 4 is 5.91 Å². The lowest BCUT2D eigenvalue weighted by atomic mass is 10.0. The molecule has 0 saturated heterocycles. The average molecular weight is 588 g/mol. The van der Waals surface area contributed by atoms with Gasteiger partial charge in [0, 0.05) is 6.42 Å². The van der Waals surface area contributed by atoms with Gasteiger partial charge in [-0.1, -0.05) is 159 Å². The summed E-state index contributed by atoms with van der Waals surface area (Å²) in [5, 5.41) is 22.7. The van der Waals surface area contributed by atoms with Crippen molar-refractivity contribution < 1.29 is 15.0 Å². The third-order valence-corrected chi connectivity index (χ3v) is 7.85. The Hall–Kier alpha value is -1.65. The summed E-state index contributed by atoms with van der Waals surface area (Å²) in [6.45, 7) is 4.15. The minimum absolute atomic E-state index is 0.0439. The van der Waals surface area contributed by atoms with Crippen molar-refractivity contribution in [2.45, 2.75) is 180 Å². The van der Waals surface area contributed by atoms with Gasteiger partial charge in [0.15, 0.2) is 0 Å². The standard InChI is InChI=1S/C38H69NO3/c1-3-5-7-9-10-11-12-13-14-15-16-17-18-19-20-21-22-23-24-25-26-27-28-30-32-34-38(42)39-36(35-40)37(41)33-31-29-8-6-4-2/h5,7,10-11,13-14,16-17,36-37,40-41H,3-4,6,8-9,12,15,18-35H2,1-2H3,(H,39,42)/b7-5-,11-10-,14-13-,17-16-. The van der Waals surface area contributed by atoms with Crippen LogP contribution in [0, 0.1) is 0 Å². The molecular weight excluding hydrogens is 518 g/mol. The van der Waals surface area contributed by atoms with Crippen LogP contribution in [0.3, 0.4) is 0 Å². The third kappa shape index (κ3) is 29.8. The maximum atomic E-state index is 12.2. The lowest BCUT2D eigenvalue weighted by molar-refractivity contribution is -0.123. The van der Waals surface area contributed by atoms with E-state index in [1.165, 1.54) is 89.9 Å². The van der Waals surface area contributed by atoms with Crippen molar-refractivity contribution in [3.05, 3.63) is 48.6 Å². The molecule has 0 spiro atoms. The minimum atomic E-state index is -0.656. The fraction of sp³-hybridized carbons (Fsp3) is 0.763. The summed E-state index contributed by atoms with van der Waals surface area (Å²) < 4.78 is 0. The van der Waals surface area contributed by atoms with Gasteiger partial charge < -0.3 is 15.5 Å². The fourth-order valence-electron chi connectivity index (χ4n) is 5.11. The van der Waals surface area contributed by atoms with Crippen LogP contribution in [0.2, 0.25) is 0 Å². The second-order valence-corrected chi connectivity index (χ2v) is 11.9. The van der Waals surface area contributed by atoms with E-state index in [4.69, 9.17) is 0 Å². The Morgan fingerprint density at radius 3 is 1.57 bits per heavy atom. The molecule has 0 aliphatic heterocycles. The molecule has 0 radical (unpaired) electrons. The Bertz CT molecular complexity index is 682. The van der Waals surface area contributed by atoms with Crippen molar-refractivity contribution in [3.63, 3.8) is 0 Å². The maximum Gasteiger partial charge on any atom is 0.220 e. The van der Waals surface area contributed by atoms with Gasteiger partial charge in [-0.3, -0.25) is 4.79 Å². The van der Waals surface area contributed by atoms with E-state index in [9.17, 15) is 15.0 Å². The van der Waals surface area contributed by atoms with Crippen molar-refractivity contribution in [2.75, 3.05) is 6.61 Å². The Kier molecular flexibility index (Phi) is 32.5. The molecule has 0 saturated carbocycles. The Balaban J connectivity index is 3.47. The Labute approximate surface area is 261 Å². The Morgan fingerprint density at radius 2 is 1.05 bits per heavy atom. The summed E-state index contributed by atoms with van der Waals surface area (Å²) in [4.78, 5) is 12.2. The molecule has 0 aromatic heterocycles. The number of unbranched alkanes of at least 4 members (excludes halogenated alkanes) is 16. The molecule has 1 amide bonds. The Morgan fingerprint density at radius 1 is 0.595 bits per heavy atom. The molecule has 4 nitrogen and oxygen atoms in total. The maximum absolute atomic E-state index is 12.2. The number of rotatable bonds is 31. The second kappa shape index (κ2) is 33.8. The molecule has 0 bridgehead atoms. The summed E-state index contributed by atoms with van der Waals surface area (Å²) in [5.41, 5.74) is 0. The van der Waals surface area contributed by atoms with E-state index in [-0.39, 0.29) is 12.5 Å². The first-order valence-electron chi connectivity index (χ1n) is 17.8. The molecule has 0 fully saturated rings. The highest BCUT2D eigenvalue weighted by Crippen LogP contribution is 2.14. The van der Waals surface area contributed by atoms with Crippen LogP contribution in [0.15, 0.2) is 48.6 Å². The summed E-state index contributed by atoms with van der Waals surface area (Å²) in [7, 11) is 0. The summed E-state index contributed by atoms with van der Waals surface area (Å²) in [5.74, 6) is -0.0439. The number of carbonyl (C=O) groups is 1. The van der Waals surface area contributed by atoms with Crippen molar-refractivity contribution in [1.29, 1.82) is 0 Å². The van der Waals surface area contributed by atoms with E-state index in [2.05, 4.69) is 67.8 Å². The van der Waals surface area contributed by atoms with Crippen LogP contribution in [0.25, 0.3) is 0 Å². The first-order chi connectivity index (χ1) is 20.7. The number of hydrogen-bond donors (Lipinski definition) is 3. The number of hydrogen-bond acceptors (Lipinski definition) is 3. The fourth-order valence-corrected chi connectivity index (χ4v) is 5.11. The molecule has 0 aromatic carbocycles. The van der Waals surface area contributed by atoms with Gasteiger partial charge in [-0.15, -0.1) is 0 Å². The second-order valence-electron chi connectivity index (χ2n) is 11.9. The van der Waals surface area contributed by atoms with E-state index in [1.54, 1.807) is 0 Å². The molecule has 42 heavy (non-hydrogen) atoms. The van der Waals surface area contributed by atoms with Crippen LogP contribution < -0.4 is 5.32 Å².